The standard InChI is InChI=1S/C18H11N3OS/c19-10-13-4-1-2-5-15(13)12-21-16(17-6-3-9-23-17)8-7-14(11-20)18(21)22/h1-9H,12H2. The fourth-order valence-corrected chi connectivity index (χ4v) is 3.16. The first-order valence-corrected chi connectivity index (χ1v) is 7.78. The first kappa shape index (κ1) is 14.8. The monoisotopic (exact) mass is 317 g/mol. The zero-order chi connectivity index (χ0) is 16.2. The van der Waals surface area contributed by atoms with Crippen LogP contribution in [0.15, 0.2) is 58.7 Å². The summed E-state index contributed by atoms with van der Waals surface area (Å²) in [6, 6.07) is 18.4. The molecule has 5 heteroatoms. The number of benzene rings is 1. The Kier molecular flexibility index (Phi) is 4.05. The van der Waals surface area contributed by atoms with Crippen molar-refractivity contribution in [2.24, 2.45) is 0 Å². The van der Waals surface area contributed by atoms with E-state index in [-0.39, 0.29) is 17.7 Å². The number of thiophene rings is 1. The summed E-state index contributed by atoms with van der Waals surface area (Å²) >= 11 is 1.53. The normalized spacial score (nSPS) is 10.0. The maximum atomic E-state index is 12.6. The number of hydrogen-bond acceptors (Lipinski definition) is 4. The van der Waals surface area contributed by atoms with Crippen LogP contribution in [0.3, 0.4) is 0 Å². The van der Waals surface area contributed by atoms with Gasteiger partial charge in [-0.25, -0.2) is 0 Å². The smallest absolute Gasteiger partial charge is 0.269 e. The van der Waals surface area contributed by atoms with E-state index in [4.69, 9.17) is 5.26 Å². The highest BCUT2D eigenvalue weighted by Gasteiger charge is 2.13. The Morgan fingerprint density at radius 3 is 2.43 bits per heavy atom. The summed E-state index contributed by atoms with van der Waals surface area (Å²) < 4.78 is 1.56. The summed E-state index contributed by atoms with van der Waals surface area (Å²) in [7, 11) is 0. The molecule has 0 bridgehead atoms. The Hall–Kier alpha value is -3.15. The van der Waals surface area contributed by atoms with Crippen molar-refractivity contribution >= 4 is 11.3 Å². The first-order chi connectivity index (χ1) is 11.2. The summed E-state index contributed by atoms with van der Waals surface area (Å²) in [6.45, 7) is 0.255. The van der Waals surface area contributed by atoms with Gasteiger partial charge < -0.3 is 4.57 Å². The minimum atomic E-state index is -0.342. The molecule has 4 nitrogen and oxygen atoms in total. The van der Waals surface area contributed by atoms with Crippen LogP contribution in [0.4, 0.5) is 0 Å². The van der Waals surface area contributed by atoms with E-state index in [1.165, 1.54) is 11.3 Å². The van der Waals surface area contributed by atoms with Crippen LogP contribution in [0.25, 0.3) is 10.6 Å². The molecular weight excluding hydrogens is 306 g/mol. The third kappa shape index (κ3) is 2.78. The van der Waals surface area contributed by atoms with E-state index in [0.717, 1.165) is 16.1 Å². The summed E-state index contributed by atoms with van der Waals surface area (Å²) in [6.07, 6.45) is 0. The molecule has 23 heavy (non-hydrogen) atoms. The van der Waals surface area contributed by atoms with E-state index in [0.29, 0.717) is 5.56 Å². The number of hydrogen-bond donors (Lipinski definition) is 0. The molecule has 0 atom stereocenters. The molecule has 0 radical (unpaired) electrons. The fraction of sp³-hybridized carbons (Fsp3) is 0.0556. The van der Waals surface area contributed by atoms with Gasteiger partial charge in [-0.2, -0.15) is 10.5 Å². The van der Waals surface area contributed by atoms with E-state index in [2.05, 4.69) is 6.07 Å². The van der Waals surface area contributed by atoms with Crippen molar-refractivity contribution < 1.29 is 0 Å². The maximum Gasteiger partial charge on any atom is 0.269 e. The van der Waals surface area contributed by atoms with E-state index >= 15 is 0 Å². The van der Waals surface area contributed by atoms with Crippen molar-refractivity contribution in [3.05, 3.63) is 81.0 Å². The average molecular weight is 317 g/mol. The lowest BCUT2D eigenvalue weighted by atomic mass is 10.1. The lowest BCUT2D eigenvalue weighted by molar-refractivity contribution is 0.765. The molecule has 0 saturated heterocycles. The molecule has 1 aromatic carbocycles. The van der Waals surface area contributed by atoms with Crippen molar-refractivity contribution in [2.75, 3.05) is 0 Å². The van der Waals surface area contributed by atoms with Crippen LogP contribution in [0, 0.1) is 22.7 Å². The molecule has 0 amide bonds. The quantitative estimate of drug-likeness (QED) is 0.743. The van der Waals surface area contributed by atoms with Gasteiger partial charge in [0.05, 0.1) is 28.7 Å². The lowest BCUT2D eigenvalue weighted by Gasteiger charge is -2.13. The van der Waals surface area contributed by atoms with Gasteiger partial charge >= 0.3 is 0 Å². The third-order valence-corrected chi connectivity index (χ3v) is 4.43. The summed E-state index contributed by atoms with van der Waals surface area (Å²) in [5.41, 5.74) is 1.78. The summed E-state index contributed by atoms with van der Waals surface area (Å²) in [5.74, 6) is 0. The number of pyridine rings is 1. The van der Waals surface area contributed by atoms with Crippen LogP contribution in [-0.2, 0) is 6.54 Å². The lowest BCUT2D eigenvalue weighted by Crippen LogP contribution is -2.24. The summed E-state index contributed by atoms with van der Waals surface area (Å²) in [5, 5.41) is 20.3. The Morgan fingerprint density at radius 1 is 0.957 bits per heavy atom. The van der Waals surface area contributed by atoms with Crippen LogP contribution in [0.1, 0.15) is 16.7 Å². The predicted octanol–water partition coefficient (Wildman–Crippen LogP) is 3.37. The second kappa shape index (κ2) is 6.31. The molecule has 0 fully saturated rings. The number of nitriles is 2. The summed E-state index contributed by atoms with van der Waals surface area (Å²) in [4.78, 5) is 13.5. The second-order valence-corrected chi connectivity index (χ2v) is 5.83. The molecule has 0 aliphatic rings. The van der Waals surface area contributed by atoms with E-state index < -0.39 is 0 Å². The molecule has 3 aromatic rings. The van der Waals surface area contributed by atoms with Gasteiger partial charge in [0.15, 0.2) is 0 Å². The van der Waals surface area contributed by atoms with Crippen LogP contribution in [0.2, 0.25) is 0 Å². The zero-order valence-corrected chi connectivity index (χ0v) is 12.9. The number of rotatable bonds is 3. The molecule has 110 valence electrons. The van der Waals surface area contributed by atoms with Gasteiger partial charge in [-0.05, 0) is 35.2 Å². The van der Waals surface area contributed by atoms with Gasteiger partial charge in [0, 0.05) is 0 Å². The van der Waals surface area contributed by atoms with Gasteiger partial charge in [0.25, 0.3) is 5.56 Å². The van der Waals surface area contributed by atoms with Crippen LogP contribution in [0.5, 0.6) is 0 Å². The van der Waals surface area contributed by atoms with Crippen molar-refractivity contribution in [2.45, 2.75) is 6.54 Å². The van der Waals surface area contributed by atoms with E-state index in [9.17, 15) is 10.1 Å². The number of aromatic nitrogens is 1. The highest BCUT2D eigenvalue weighted by Crippen LogP contribution is 2.24. The van der Waals surface area contributed by atoms with E-state index in [1.807, 2.05) is 35.7 Å². The Labute approximate surface area is 137 Å². The highest BCUT2D eigenvalue weighted by molar-refractivity contribution is 7.13. The average Bonchev–Trinajstić information content (AvgIpc) is 3.11. The van der Waals surface area contributed by atoms with Gasteiger partial charge in [-0.3, -0.25) is 4.79 Å². The molecule has 0 aliphatic heterocycles. The van der Waals surface area contributed by atoms with Crippen molar-refractivity contribution in [3.63, 3.8) is 0 Å². The Morgan fingerprint density at radius 2 is 1.74 bits per heavy atom. The zero-order valence-electron chi connectivity index (χ0n) is 12.1. The largest absolute Gasteiger partial charge is 0.302 e. The SMILES string of the molecule is N#Cc1ccccc1Cn1c(-c2cccs2)ccc(C#N)c1=O. The minimum Gasteiger partial charge on any atom is -0.302 e. The van der Waals surface area contributed by atoms with Crippen LogP contribution < -0.4 is 5.56 Å². The van der Waals surface area contributed by atoms with Crippen molar-refractivity contribution in [3.8, 4) is 22.7 Å². The molecule has 2 aromatic heterocycles. The maximum absolute atomic E-state index is 12.6. The molecule has 0 N–H and O–H groups in total. The topological polar surface area (TPSA) is 69.6 Å². The van der Waals surface area contributed by atoms with Gasteiger partial charge in [0.2, 0.25) is 0 Å². The van der Waals surface area contributed by atoms with Gasteiger partial charge in [-0.1, -0.05) is 24.3 Å². The second-order valence-electron chi connectivity index (χ2n) is 4.88. The Bertz CT molecular complexity index is 988. The van der Waals surface area contributed by atoms with Crippen LogP contribution >= 0.6 is 11.3 Å². The van der Waals surface area contributed by atoms with E-state index in [1.54, 1.807) is 28.8 Å². The number of nitrogens with zero attached hydrogens (tertiary/aromatic N) is 3. The Balaban J connectivity index is 2.20. The van der Waals surface area contributed by atoms with Gasteiger partial charge in [-0.15, -0.1) is 11.3 Å². The molecule has 3 rings (SSSR count). The molecule has 0 unspecified atom stereocenters. The molecule has 0 saturated carbocycles. The third-order valence-electron chi connectivity index (χ3n) is 3.53. The first-order valence-electron chi connectivity index (χ1n) is 6.90. The van der Waals surface area contributed by atoms with Crippen molar-refractivity contribution in [1.82, 2.24) is 4.57 Å². The van der Waals surface area contributed by atoms with Crippen LogP contribution in [-0.4, -0.2) is 4.57 Å². The molecule has 0 aliphatic carbocycles. The fourth-order valence-electron chi connectivity index (χ4n) is 2.40. The molecule has 0 spiro atoms. The minimum absolute atomic E-state index is 0.0970. The van der Waals surface area contributed by atoms with Crippen molar-refractivity contribution in [1.29, 1.82) is 10.5 Å². The predicted molar refractivity (Wildman–Crippen MR) is 89.0 cm³/mol. The molecule has 2 heterocycles. The molecular formula is C18H11N3OS. The van der Waals surface area contributed by atoms with Gasteiger partial charge in [0.1, 0.15) is 11.6 Å². The highest BCUT2D eigenvalue weighted by atomic mass is 32.1.